The Morgan fingerprint density at radius 3 is 2.55 bits per heavy atom. The van der Waals surface area contributed by atoms with Crippen LogP contribution in [0.2, 0.25) is 5.09 Å². The topological polar surface area (TPSA) is 0 Å². The first kappa shape index (κ1) is 10.0. The van der Waals surface area contributed by atoms with E-state index < -0.39 is 0 Å². The summed E-state index contributed by atoms with van der Waals surface area (Å²) < 4.78 is 0. The van der Waals surface area contributed by atoms with Crippen molar-refractivity contribution in [2.24, 2.45) is 0 Å². The van der Waals surface area contributed by atoms with Gasteiger partial charge in [0.25, 0.3) is 0 Å². The van der Waals surface area contributed by atoms with Gasteiger partial charge in [-0.1, -0.05) is 0 Å². The van der Waals surface area contributed by atoms with Crippen molar-refractivity contribution in [3.05, 3.63) is 0 Å². The molecule has 0 aromatic rings. The molecule has 60 valence electrons. The number of thioether (sulfide) groups is 1. The predicted octanol–water partition coefficient (Wildman–Crippen LogP) is 3.03. The van der Waals surface area contributed by atoms with Crippen molar-refractivity contribution in [1.82, 2.24) is 0 Å². The molecule has 0 N–H and O–H groups in total. The Kier molecular flexibility index (Phi) is 5.89. The molecule has 0 heterocycles. The second-order valence-electron chi connectivity index (χ2n) is 3.48. The van der Waals surface area contributed by atoms with E-state index in [1.54, 1.807) is 0 Å². The van der Waals surface area contributed by atoms with Gasteiger partial charge in [-0.25, -0.2) is 0 Å². The van der Waals surface area contributed by atoms with E-state index in [4.69, 9.17) is 0 Å². The third-order valence-corrected chi connectivity index (χ3v) is 3.87. The molecule has 1 aliphatic carbocycles. The van der Waals surface area contributed by atoms with Gasteiger partial charge in [0.2, 0.25) is 0 Å². The van der Waals surface area contributed by atoms with Crippen LogP contribution in [0.4, 0.5) is 0 Å². The summed E-state index contributed by atoms with van der Waals surface area (Å²) in [5.74, 6) is 1.42. The third-order valence-electron chi connectivity index (χ3n) is 2.40. The molecular formula is C9H17LiS. The van der Waals surface area contributed by atoms with Gasteiger partial charge < -0.3 is 0 Å². The first-order chi connectivity index (χ1) is 5.43. The van der Waals surface area contributed by atoms with Gasteiger partial charge >= 0.3 is 84.1 Å². The SMILES string of the molecule is [Li][CH2]CCCSC1CCCC1. The summed E-state index contributed by atoms with van der Waals surface area (Å²) in [5, 5.41) is 2.40. The van der Waals surface area contributed by atoms with E-state index in [-0.39, 0.29) is 0 Å². The van der Waals surface area contributed by atoms with Crippen LogP contribution in [0.3, 0.4) is 0 Å². The molecule has 0 aromatic heterocycles. The van der Waals surface area contributed by atoms with Crippen molar-refractivity contribution >= 4 is 29.5 Å². The van der Waals surface area contributed by atoms with Gasteiger partial charge in [-0.15, -0.1) is 0 Å². The van der Waals surface area contributed by atoms with Crippen molar-refractivity contribution in [2.75, 3.05) is 5.75 Å². The average molecular weight is 164 g/mol. The summed E-state index contributed by atoms with van der Waals surface area (Å²) in [6, 6.07) is 0. The van der Waals surface area contributed by atoms with Gasteiger partial charge in [-0.05, 0) is 0 Å². The molecule has 2 heteroatoms. The van der Waals surface area contributed by atoms with Crippen LogP contribution in [0.5, 0.6) is 0 Å². The zero-order chi connectivity index (χ0) is 7.94. The molecule has 1 rings (SSSR count). The Balaban J connectivity index is 1.86. The van der Waals surface area contributed by atoms with Crippen LogP contribution in [0.15, 0.2) is 0 Å². The van der Waals surface area contributed by atoms with Gasteiger partial charge in [0.15, 0.2) is 0 Å². The van der Waals surface area contributed by atoms with E-state index in [0.29, 0.717) is 0 Å². The summed E-state index contributed by atoms with van der Waals surface area (Å²) in [6.45, 7) is 0. The second kappa shape index (κ2) is 6.46. The fraction of sp³-hybridized carbons (Fsp3) is 1.00. The van der Waals surface area contributed by atoms with Gasteiger partial charge in [-0.2, -0.15) is 0 Å². The Morgan fingerprint density at radius 1 is 1.18 bits per heavy atom. The van der Waals surface area contributed by atoms with Crippen molar-refractivity contribution in [1.29, 1.82) is 0 Å². The fourth-order valence-corrected chi connectivity index (χ4v) is 3.03. The molecule has 11 heavy (non-hydrogen) atoms. The Hall–Kier alpha value is 0.947. The fourth-order valence-electron chi connectivity index (χ4n) is 1.66. The molecule has 1 aliphatic rings. The summed E-state index contributed by atoms with van der Waals surface area (Å²) in [5.41, 5.74) is 0. The van der Waals surface area contributed by atoms with Crippen LogP contribution in [0, 0.1) is 0 Å². The Morgan fingerprint density at radius 2 is 1.91 bits per heavy atom. The first-order valence-corrected chi connectivity index (χ1v) is 6.10. The Bertz CT molecular complexity index is 89.6. The number of hydrogen-bond acceptors (Lipinski definition) is 1. The van der Waals surface area contributed by atoms with Crippen LogP contribution in [-0.4, -0.2) is 28.7 Å². The zero-order valence-electron chi connectivity index (χ0n) is 7.64. The van der Waals surface area contributed by atoms with Crippen LogP contribution >= 0.6 is 11.8 Å². The summed E-state index contributed by atoms with van der Waals surface area (Å²) in [7, 11) is 0. The molecule has 0 radical (unpaired) electrons. The molecule has 0 aromatic carbocycles. The summed E-state index contributed by atoms with van der Waals surface area (Å²) in [4.78, 5) is 0. The van der Waals surface area contributed by atoms with Gasteiger partial charge in [0, 0.05) is 0 Å². The van der Waals surface area contributed by atoms with Gasteiger partial charge in [-0.3, -0.25) is 0 Å². The molecule has 0 saturated heterocycles. The molecular weight excluding hydrogens is 147 g/mol. The summed E-state index contributed by atoms with van der Waals surface area (Å²) in [6.07, 6.45) is 8.85. The van der Waals surface area contributed by atoms with Gasteiger partial charge in [0.1, 0.15) is 0 Å². The molecule has 1 saturated carbocycles. The van der Waals surface area contributed by atoms with Crippen LogP contribution < -0.4 is 0 Å². The molecule has 0 spiro atoms. The molecule has 0 bridgehead atoms. The second-order valence-corrected chi connectivity index (χ2v) is 4.89. The van der Waals surface area contributed by atoms with E-state index in [1.807, 2.05) is 0 Å². The number of unbranched alkanes of at least 4 members (excludes halogenated alkanes) is 1. The minimum atomic E-state index is 1.03. The van der Waals surface area contributed by atoms with Crippen molar-refractivity contribution in [2.45, 2.75) is 48.9 Å². The minimum absolute atomic E-state index is 1.03. The monoisotopic (exact) mass is 164 g/mol. The number of hydrogen-bond donors (Lipinski definition) is 0. The van der Waals surface area contributed by atoms with Crippen LogP contribution in [-0.2, 0) is 0 Å². The van der Waals surface area contributed by atoms with Crippen LogP contribution in [0.25, 0.3) is 0 Å². The van der Waals surface area contributed by atoms with Crippen molar-refractivity contribution < 1.29 is 0 Å². The number of rotatable bonds is 5. The average Bonchev–Trinajstić information content (AvgIpc) is 2.50. The maximum atomic E-state index is 2.28. The summed E-state index contributed by atoms with van der Waals surface area (Å²) >= 11 is 4.50. The molecule has 0 nitrogen and oxygen atoms in total. The van der Waals surface area contributed by atoms with Gasteiger partial charge in [0.05, 0.1) is 0 Å². The third kappa shape index (κ3) is 4.51. The van der Waals surface area contributed by atoms with E-state index in [9.17, 15) is 0 Å². The molecule has 1 fully saturated rings. The normalized spacial score (nSPS) is 19.5. The molecule has 0 unspecified atom stereocenters. The zero-order valence-corrected chi connectivity index (χ0v) is 8.46. The van der Waals surface area contributed by atoms with E-state index in [2.05, 4.69) is 29.5 Å². The van der Waals surface area contributed by atoms with E-state index >= 15 is 0 Å². The Labute approximate surface area is 84.1 Å². The van der Waals surface area contributed by atoms with E-state index in [0.717, 1.165) is 5.25 Å². The quantitative estimate of drug-likeness (QED) is 0.444. The van der Waals surface area contributed by atoms with Crippen LogP contribution in [0.1, 0.15) is 38.5 Å². The molecule has 0 amide bonds. The standard InChI is InChI=1S/C9H17S.Li/c1-2-3-8-10-9-6-4-5-7-9;/h9H,1-8H2;. The van der Waals surface area contributed by atoms with Crippen molar-refractivity contribution in [3.8, 4) is 0 Å². The molecule has 0 aliphatic heterocycles. The van der Waals surface area contributed by atoms with Crippen molar-refractivity contribution in [3.63, 3.8) is 0 Å². The predicted molar refractivity (Wildman–Crippen MR) is 54.5 cm³/mol. The first-order valence-electron chi connectivity index (χ1n) is 5.05. The van der Waals surface area contributed by atoms with E-state index in [1.165, 1.54) is 49.4 Å². The molecule has 0 atom stereocenters. The maximum absolute atomic E-state index is 2.28.